The van der Waals surface area contributed by atoms with Crippen molar-refractivity contribution in [3.8, 4) is 0 Å². The highest BCUT2D eigenvalue weighted by molar-refractivity contribution is 7.90. The van der Waals surface area contributed by atoms with Crippen molar-refractivity contribution in [1.82, 2.24) is 0 Å². The Bertz CT molecular complexity index is 538. The molecule has 1 rings (SSSR count). The van der Waals surface area contributed by atoms with Crippen LogP contribution in [0.15, 0.2) is 29.2 Å². The maximum absolute atomic E-state index is 11.8. The number of benzene rings is 1. The Morgan fingerprint density at radius 1 is 1.28 bits per heavy atom. The Morgan fingerprint density at radius 3 is 2.33 bits per heavy atom. The molecule has 100 valence electrons. The molecule has 0 bridgehead atoms. The second-order valence-electron chi connectivity index (χ2n) is 4.53. The highest BCUT2D eigenvalue weighted by atomic mass is 32.2. The molecule has 3 N–H and O–H groups in total. The second-order valence-corrected chi connectivity index (χ2v) is 6.51. The Labute approximate surface area is 107 Å². The third-order valence-electron chi connectivity index (χ3n) is 2.57. The zero-order valence-electron chi connectivity index (χ0n) is 10.7. The summed E-state index contributed by atoms with van der Waals surface area (Å²) in [6.45, 7) is 3.65. The van der Waals surface area contributed by atoms with Crippen molar-refractivity contribution >= 4 is 21.4 Å². The number of carbonyl (C=O) groups excluding carboxylic acids is 1. The fraction of sp³-hybridized carbons (Fsp3) is 0.417. The van der Waals surface area contributed by atoms with Crippen LogP contribution in [-0.2, 0) is 14.6 Å². The number of hydrogen-bond donors (Lipinski definition) is 2. The molecule has 0 fully saturated rings. The molecule has 0 saturated carbocycles. The largest absolute Gasteiger partial charge is 0.324 e. The molecule has 0 spiro atoms. The second kappa shape index (κ2) is 5.49. The van der Waals surface area contributed by atoms with Crippen LogP contribution in [0.4, 0.5) is 5.69 Å². The minimum atomic E-state index is -3.38. The van der Waals surface area contributed by atoms with Crippen molar-refractivity contribution in [2.45, 2.75) is 24.8 Å². The molecule has 1 aromatic rings. The average Bonchev–Trinajstić information content (AvgIpc) is 2.27. The molecular weight excluding hydrogens is 252 g/mol. The molecule has 1 amide bonds. The zero-order chi connectivity index (χ0) is 13.9. The van der Waals surface area contributed by atoms with Gasteiger partial charge in [0.2, 0.25) is 5.91 Å². The van der Waals surface area contributed by atoms with Crippen LogP contribution in [0.1, 0.15) is 13.8 Å². The van der Waals surface area contributed by atoms with E-state index in [1.165, 1.54) is 6.07 Å². The van der Waals surface area contributed by atoms with Crippen molar-refractivity contribution in [2.24, 2.45) is 11.7 Å². The monoisotopic (exact) mass is 270 g/mol. The molecule has 0 unspecified atom stereocenters. The third kappa shape index (κ3) is 3.54. The van der Waals surface area contributed by atoms with Gasteiger partial charge in [0, 0.05) is 6.26 Å². The van der Waals surface area contributed by atoms with Gasteiger partial charge in [-0.25, -0.2) is 8.42 Å². The summed E-state index contributed by atoms with van der Waals surface area (Å²) in [5.74, 6) is -0.406. The molecule has 5 nitrogen and oxygen atoms in total. The number of rotatable bonds is 4. The number of carbonyl (C=O) groups is 1. The van der Waals surface area contributed by atoms with Gasteiger partial charge in [0.15, 0.2) is 9.84 Å². The number of hydrogen-bond acceptors (Lipinski definition) is 4. The predicted molar refractivity (Wildman–Crippen MR) is 71.0 cm³/mol. The van der Waals surface area contributed by atoms with Crippen LogP contribution in [0, 0.1) is 5.92 Å². The molecule has 0 aliphatic heterocycles. The molecule has 0 radical (unpaired) electrons. The Kier molecular flexibility index (Phi) is 4.48. The minimum Gasteiger partial charge on any atom is -0.324 e. The fourth-order valence-electron chi connectivity index (χ4n) is 1.41. The van der Waals surface area contributed by atoms with Crippen LogP contribution in [0.5, 0.6) is 0 Å². The lowest BCUT2D eigenvalue weighted by Gasteiger charge is -2.16. The molecule has 18 heavy (non-hydrogen) atoms. The topological polar surface area (TPSA) is 89.3 Å². The number of para-hydroxylation sites is 1. The van der Waals surface area contributed by atoms with Crippen LogP contribution in [0.3, 0.4) is 0 Å². The van der Waals surface area contributed by atoms with E-state index in [1.807, 2.05) is 13.8 Å². The summed E-state index contributed by atoms with van der Waals surface area (Å²) in [5, 5.41) is 2.56. The van der Waals surface area contributed by atoms with Gasteiger partial charge in [-0.3, -0.25) is 4.79 Å². The highest BCUT2D eigenvalue weighted by Crippen LogP contribution is 2.20. The van der Waals surface area contributed by atoms with Gasteiger partial charge in [-0.15, -0.1) is 0 Å². The summed E-state index contributed by atoms with van der Waals surface area (Å²) in [7, 11) is -3.38. The van der Waals surface area contributed by atoms with E-state index in [-0.39, 0.29) is 22.4 Å². The number of sulfone groups is 1. The summed E-state index contributed by atoms with van der Waals surface area (Å²) in [6.07, 6.45) is 1.10. The van der Waals surface area contributed by atoms with Gasteiger partial charge in [-0.05, 0) is 18.1 Å². The molecule has 0 aliphatic carbocycles. The summed E-state index contributed by atoms with van der Waals surface area (Å²) >= 11 is 0. The van der Waals surface area contributed by atoms with E-state index in [9.17, 15) is 13.2 Å². The zero-order valence-corrected chi connectivity index (χ0v) is 11.5. The standard InChI is InChI=1S/C12H18N2O3S/c1-8(2)11(13)12(15)14-9-6-4-5-7-10(9)18(3,16)17/h4-8,11H,13H2,1-3H3,(H,14,15)/t11-/m0/s1. The van der Waals surface area contributed by atoms with Gasteiger partial charge < -0.3 is 11.1 Å². The summed E-state index contributed by atoms with van der Waals surface area (Å²) in [4.78, 5) is 11.9. The molecule has 1 aromatic carbocycles. The summed E-state index contributed by atoms with van der Waals surface area (Å²) in [5.41, 5.74) is 5.97. The molecular formula is C12H18N2O3S. The van der Waals surface area contributed by atoms with Gasteiger partial charge in [-0.1, -0.05) is 26.0 Å². The molecule has 0 heterocycles. The molecule has 1 atom stereocenters. The summed E-state index contributed by atoms with van der Waals surface area (Å²) in [6, 6.07) is 5.59. The molecule has 6 heteroatoms. The van der Waals surface area contributed by atoms with Gasteiger partial charge in [0.1, 0.15) is 0 Å². The highest BCUT2D eigenvalue weighted by Gasteiger charge is 2.20. The van der Waals surface area contributed by atoms with Gasteiger partial charge in [0.25, 0.3) is 0 Å². The Balaban J connectivity index is 3.03. The predicted octanol–water partition coefficient (Wildman–Crippen LogP) is 1.01. The van der Waals surface area contributed by atoms with E-state index in [2.05, 4.69) is 5.32 Å². The number of nitrogens with one attached hydrogen (secondary N) is 1. The first-order valence-electron chi connectivity index (χ1n) is 5.59. The van der Waals surface area contributed by atoms with Gasteiger partial charge in [-0.2, -0.15) is 0 Å². The van der Waals surface area contributed by atoms with Crippen LogP contribution in [0.25, 0.3) is 0 Å². The van der Waals surface area contributed by atoms with E-state index in [0.717, 1.165) is 6.26 Å². The van der Waals surface area contributed by atoms with Crippen molar-refractivity contribution in [3.05, 3.63) is 24.3 Å². The maximum Gasteiger partial charge on any atom is 0.241 e. The van der Waals surface area contributed by atoms with E-state index >= 15 is 0 Å². The molecule has 0 aromatic heterocycles. The van der Waals surface area contributed by atoms with E-state index in [0.29, 0.717) is 0 Å². The quantitative estimate of drug-likeness (QED) is 0.854. The van der Waals surface area contributed by atoms with Crippen molar-refractivity contribution in [2.75, 3.05) is 11.6 Å². The lowest BCUT2D eigenvalue weighted by Crippen LogP contribution is -2.40. The molecule has 0 aliphatic rings. The molecule has 0 saturated heterocycles. The van der Waals surface area contributed by atoms with Crippen molar-refractivity contribution in [3.63, 3.8) is 0 Å². The van der Waals surface area contributed by atoms with E-state index in [1.54, 1.807) is 18.2 Å². The van der Waals surface area contributed by atoms with Crippen LogP contribution in [-0.4, -0.2) is 26.6 Å². The van der Waals surface area contributed by atoms with Crippen LogP contribution < -0.4 is 11.1 Å². The van der Waals surface area contributed by atoms with Crippen molar-refractivity contribution in [1.29, 1.82) is 0 Å². The third-order valence-corrected chi connectivity index (χ3v) is 3.72. The first-order chi connectivity index (χ1) is 8.23. The minimum absolute atomic E-state index is 0.0182. The first-order valence-corrected chi connectivity index (χ1v) is 7.48. The van der Waals surface area contributed by atoms with E-state index in [4.69, 9.17) is 5.73 Å². The Hall–Kier alpha value is -1.40. The lowest BCUT2D eigenvalue weighted by molar-refractivity contribution is -0.118. The smallest absolute Gasteiger partial charge is 0.241 e. The van der Waals surface area contributed by atoms with Gasteiger partial charge in [0.05, 0.1) is 16.6 Å². The fourth-order valence-corrected chi connectivity index (χ4v) is 2.26. The van der Waals surface area contributed by atoms with Gasteiger partial charge >= 0.3 is 0 Å². The maximum atomic E-state index is 11.8. The summed E-state index contributed by atoms with van der Waals surface area (Å²) < 4.78 is 23.1. The van der Waals surface area contributed by atoms with Crippen molar-refractivity contribution < 1.29 is 13.2 Å². The SMILES string of the molecule is CC(C)[C@H](N)C(=O)Nc1ccccc1S(C)(=O)=O. The first kappa shape index (κ1) is 14.7. The van der Waals surface area contributed by atoms with Crippen LogP contribution in [0.2, 0.25) is 0 Å². The number of anilines is 1. The normalized spacial score (nSPS) is 13.4. The number of amides is 1. The number of nitrogens with two attached hydrogens (primary N) is 1. The van der Waals surface area contributed by atoms with Crippen LogP contribution >= 0.6 is 0 Å². The average molecular weight is 270 g/mol. The van der Waals surface area contributed by atoms with E-state index < -0.39 is 15.9 Å². The lowest BCUT2D eigenvalue weighted by atomic mass is 10.1. The Morgan fingerprint density at radius 2 is 1.83 bits per heavy atom.